The Labute approximate surface area is 142 Å². The summed E-state index contributed by atoms with van der Waals surface area (Å²) in [6.45, 7) is 8.18. The summed E-state index contributed by atoms with van der Waals surface area (Å²) in [6, 6.07) is 8.56. The molecule has 1 aromatic heterocycles. The van der Waals surface area contributed by atoms with Crippen LogP contribution in [0.3, 0.4) is 0 Å². The average molecular weight is 329 g/mol. The molecular formula is C18H24FN5. The van der Waals surface area contributed by atoms with Gasteiger partial charge in [0.15, 0.2) is 0 Å². The van der Waals surface area contributed by atoms with Gasteiger partial charge in [-0.15, -0.1) is 0 Å². The van der Waals surface area contributed by atoms with Gasteiger partial charge in [-0.2, -0.15) is 4.98 Å². The molecule has 2 aromatic rings. The smallest absolute Gasteiger partial charge is 0.224 e. The first-order valence-corrected chi connectivity index (χ1v) is 8.53. The van der Waals surface area contributed by atoms with Gasteiger partial charge in [0.25, 0.3) is 0 Å². The molecule has 0 saturated carbocycles. The zero-order valence-electron chi connectivity index (χ0n) is 14.1. The van der Waals surface area contributed by atoms with Crippen molar-refractivity contribution in [3.8, 4) is 0 Å². The van der Waals surface area contributed by atoms with Crippen LogP contribution in [0.4, 0.5) is 16.2 Å². The maximum absolute atomic E-state index is 12.9. The Balaban J connectivity index is 1.52. The molecule has 0 radical (unpaired) electrons. The third kappa shape index (κ3) is 4.41. The predicted molar refractivity (Wildman–Crippen MR) is 95.0 cm³/mol. The van der Waals surface area contributed by atoms with Gasteiger partial charge in [-0.1, -0.05) is 19.1 Å². The van der Waals surface area contributed by atoms with E-state index in [9.17, 15) is 4.39 Å². The Morgan fingerprint density at radius 3 is 2.54 bits per heavy atom. The Bertz CT molecular complexity index is 638. The van der Waals surface area contributed by atoms with Crippen LogP contribution >= 0.6 is 0 Å². The van der Waals surface area contributed by atoms with Crippen molar-refractivity contribution in [3.63, 3.8) is 0 Å². The number of hydrogen-bond acceptors (Lipinski definition) is 5. The van der Waals surface area contributed by atoms with E-state index in [2.05, 4.69) is 32.0 Å². The number of hydrogen-bond donors (Lipinski definition) is 1. The van der Waals surface area contributed by atoms with E-state index in [1.807, 2.05) is 18.2 Å². The van der Waals surface area contributed by atoms with Gasteiger partial charge < -0.3 is 15.1 Å². The van der Waals surface area contributed by atoms with Crippen LogP contribution in [0.5, 0.6) is 0 Å². The van der Waals surface area contributed by atoms with E-state index in [0.29, 0.717) is 5.95 Å². The second kappa shape index (κ2) is 8.06. The third-order valence-corrected chi connectivity index (χ3v) is 4.39. The summed E-state index contributed by atoms with van der Waals surface area (Å²) in [4.78, 5) is 13.7. The molecule has 0 amide bonds. The SMILES string of the molecule is CCN1CCN(c2ccnc(NCCc3ccc(F)cc3)n2)CC1. The van der Waals surface area contributed by atoms with Gasteiger partial charge in [0, 0.05) is 38.9 Å². The standard InChI is InChI=1S/C18H24FN5/c1-2-23-11-13-24(14-12-23)17-8-10-21-18(22-17)20-9-7-15-3-5-16(19)6-4-15/h3-6,8,10H,2,7,9,11-14H2,1H3,(H,20,21,22). The number of likely N-dealkylation sites (N-methyl/N-ethyl adjacent to an activating group) is 1. The van der Waals surface area contributed by atoms with Gasteiger partial charge in [0.1, 0.15) is 11.6 Å². The highest BCUT2D eigenvalue weighted by Gasteiger charge is 2.17. The maximum atomic E-state index is 12.9. The van der Waals surface area contributed by atoms with Crippen molar-refractivity contribution in [1.82, 2.24) is 14.9 Å². The number of piperazine rings is 1. The van der Waals surface area contributed by atoms with Crippen LogP contribution in [0.2, 0.25) is 0 Å². The first-order valence-electron chi connectivity index (χ1n) is 8.53. The Morgan fingerprint density at radius 1 is 1.08 bits per heavy atom. The molecule has 1 aliphatic heterocycles. The van der Waals surface area contributed by atoms with Crippen molar-refractivity contribution in [2.75, 3.05) is 49.5 Å². The number of aromatic nitrogens is 2. The summed E-state index contributed by atoms with van der Waals surface area (Å²) < 4.78 is 12.9. The average Bonchev–Trinajstić information content (AvgIpc) is 2.64. The molecule has 0 spiro atoms. The highest BCUT2D eigenvalue weighted by molar-refractivity contribution is 5.43. The zero-order chi connectivity index (χ0) is 16.8. The third-order valence-electron chi connectivity index (χ3n) is 4.39. The van der Waals surface area contributed by atoms with E-state index in [0.717, 1.165) is 57.1 Å². The van der Waals surface area contributed by atoms with Gasteiger partial charge in [-0.25, -0.2) is 9.37 Å². The van der Waals surface area contributed by atoms with Crippen LogP contribution in [-0.2, 0) is 6.42 Å². The van der Waals surface area contributed by atoms with E-state index < -0.39 is 0 Å². The molecule has 0 atom stereocenters. The summed E-state index contributed by atoms with van der Waals surface area (Å²) >= 11 is 0. The van der Waals surface area contributed by atoms with Crippen LogP contribution in [0.1, 0.15) is 12.5 Å². The first kappa shape index (κ1) is 16.6. The minimum atomic E-state index is -0.203. The highest BCUT2D eigenvalue weighted by atomic mass is 19.1. The summed E-state index contributed by atoms with van der Waals surface area (Å²) in [5, 5.41) is 3.25. The molecule has 3 rings (SSSR count). The van der Waals surface area contributed by atoms with Crippen LogP contribution < -0.4 is 10.2 Å². The monoisotopic (exact) mass is 329 g/mol. The maximum Gasteiger partial charge on any atom is 0.224 e. The van der Waals surface area contributed by atoms with Gasteiger partial charge in [0.2, 0.25) is 5.95 Å². The molecule has 1 N–H and O–H groups in total. The fourth-order valence-electron chi connectivity index (χ4n) is 2.87. The van der Waals surface area contributed by atoms with Crippen molar-refractivity contribution in [2.24, 2.45) is 0 Å². The van der Waals surface area contributed by atoms with Gasteiger partial charge in [-0.3, -0.25) is 0 Å². The molecular weight excluding hydrogens is 305 g/mol. The van der Waals surface area contributed by atoms with Crippen molar-refractivity contribution in [1.29, 1.82) is 0 Å². The second-order valence-electron chi connectivity index (χ2n) is 5.96. The normalized spacial score (nSPS) is 15.5. The van der Waals surface area contributed by atoms with E-state index >= 15 is 0 Å². The summed E-state index contributed by atoms with van der Waals surface area (Å²) in [5.41, 5.74) is 1.09. The van der Waals surface area contributed by atoms with Gasteiger partial charge in [0.05, 0.1) is 0 Å². The molecule has 1 aromatic carbocycles. The van der Waals surface area contributed by atoms with Crippen molar-refractivity contribution >= 4 is 11.8 Å². The largest absolute Gasteiger partial charge is 0.354 e. The minimum absolute atomic E-state index is 0.203. The quantitative estimate of drug-likeness (QED) is 0.882. The lowest BCUT2D eigenvalue weighted by atomic mass is 10.1. The van der Waals surface area contributed by atoms with E-state index in [1.54, 1.807) is 6.20 Å². The molecule has 6 heteroatoms. The van der Waals surface area contributed by atoms with Crippen molar-refractivity contribution < 1.29 is 4.39 Å². The lowest BCUT2D eigenvalue weighted by Gasteiger charge is -2.34. The Kier molecular flexibility index (Phi) is 5.59. The number of nitrogens with zero attached hydrogens (tertiary/aromatic N) is 4. The lowest BCUT2D eigenvalue weighted by molar-refractivity contribution is 0.270. The van der Waals surface area contributed by atoms with Gasteiger partial charge in [-0.05, 0) is 36.7 Å². The molecule has 128 valence electrons. The van der Waals surface area contributed by atoms with E-state index in [-0.39, 0.29) is 5.82 Å². The van der Waals surface area contributed by atoms with Crippen LogP contribution in [0, 0.1) is 5.82 Å². The van der Waals surface area contributed by atoms with Crippen LogP contribution in [-0.4, -0.2) is 54.1 Å². The first-order chi connectivity index (χ1) is 11.7. The predicted octanol–water partition coefficient (Wildman–Crippen LogP) is 2.41. The molecule has 5 nitrogen and oxygen atoms in total. The number of nitrogens with one attached hydrogen (secondary N) is 1. The molecule has 2 heterocycles. The zero-order valence-corrected chi connectivity index (χ0v) is 14.1. The topological polar surface area (TPSA) is 44.3 Å². The van der Waals surface area contributed by atoms with Gasteiger partial charge >= 0.3 is 0 Å². The Morgan fingerprint density at radius 2 is 1.83 bits per heavy atom. The number of rotatable bonds is 6. The fraction of sp³-hybridized carbons (Fsp3) is 0.444. The van der Waals surface area contributed by atoms with Crippen molar-refractivity contribution in [2.45, 2.75) is 13.3 Å². The van der Waals surface area contributed by atoms with Crippen LogP contribution in [0.15, 0.2) is 36.5 Å². The summed E-state index contributed by atoms with van der Waals surface area (Å²) in [7, 11) is 0. The van der Waals surface area contributed by atoms with Crippen LogP contribution in [0.25, 0.3) is 0 Å². The molecule has 0 aliphatic carbocycles. The molecule has 1 fully saturated rings. The fourth-order valence-corrected chi connectivity index (χ4v) is 2.87. The molecule has 24 heavy (non-hydrogen) atoms. The second-order valence-corrected chi connectivity index (χ2v) is 5.96. The van der Waals surface area contributed by atoms with E-state index in [1.165, 1.54) is 12.1 Å². The van der Waals surface area contributed by atoms with E-state index in [4.69, 9.17) is 0 Å². The highest BCUT2D eigenvalue weighted by Crippen LogP contribution is 2.14. The van der Waals surface area contributed by atoms with Crippen molar-refractivity contribution in [3.05, 3.63) is 47.9 Å². The molecule has 1 saturated heterocycles. The molecule has 0 unspecified atom stereocenters. The number of anilines is 2. The Hall–Kier alpha value is -2.21. The number of halogens is 1. The summed E-state index contributed by atoms with van der Waals surface area (Å²) in [6.07, 6.45) is 2.61. The lowest BCUT2D eigenvalue weighted by Crippen LogP contribution is -2.46. The molecule has 1 aliphatic rings. The minimum Gasteiger partial charge on any atom is -0.354 e. The summed E-state index contributed by atoms with van der Waals surface area (Å²) in [5.74, 6) is 1.42. The molecule has 0 bridgehead atoms. The number of benzene rings is 1.